The summed E-state index contributed by atoms with van der Waals surface area (Å²) in [6.45, 7) is 3.83. The third-order valence-electron chi connectivity index (χ3n) is 3.28. The smallest absolute Gasteiger partial charge is 0.217 e. The maximum absolute atomic E-state index is 12.4. The molecule has 114 valence electrons. The lowest BCUT2D eigenvalue weighted by Crippen LogP contribution is -2.36. The number of hydrogen-bond donors (Lipinski definition) is 2. The van der Waals surface area contributed by atoms with Crippen molar-refractivity contribution in [1.82, 2.24) is 0 Å². The molecular formula is C14H15N5O2S. The minimum absolute atomic E-state index is 0.105. The van der Waals surface area contributed by atoms with Gasteiger partial charge in [-0.05, 0) is 6.92 Å². The highest BCUT2D eigenvalue weighted by molar-refractivity contribution is 7.19. The van der Waals surface area contributed by atoms with Crippen LogP contribution in [0.25, 0.3) is 0 Å². The molecule has 0 unspecified atom stereocenters. The summed E-state index contributed by atoms with van der Waals surface area (Å²) < 4.78 is 5.28. The van der Waals surface area contributed by atoms with Crippen LogP contribution in [0.15, 0.2) is 11.3 Å². The van der Waals surface area contributed by atoms with E-state index in [1.54, 1.807) is 6.07 Å². The summed E-state index contributed by atoms with van der Waals surface area (Å²) >= 11 is 1.12. The van der Waals surface area contributed by atoms with Gasteiger partial charge in [0, 0.05) is 18.8 Å². The lowest BCUT2D eigenvalue weighted by Gasteiger charge is -2.27. The first kappa shape index (κ1) is 15.8. The number of nitrogens with two attached hydrogens (primary N) is 2. The fourth-order valence-electron chi connectivity index (χ4n) is 2.13. The van der Waals surface area contributed by atoms with Crippen molar-refractivity contribution < 1.29 is 9.53 Å². The molecule has 1 fully saturated rings. The molecule has 22 heavy (non-hydrogen) atoms. The quantitative estimate of drug-likeness (QED) is 0.483. The summed E-state index contributed by atoms with van der Waals surface area (Å²) in [6.07, 6.45) is 0. The Morgan fingerprint density at radius 3 is 2.50 bits per heavy atom. The predicted molar refractivity (Wildman–Crippen MR) is 83.3 cm³/mol. The highest BCUT2D eigenvalue weighted by atomic mass is 32.1. The first-order chi connectivity index (χ1) is 10.5. The topological polar surface area (TPSA) is 129 Å². The maximum atomic E-state index is 12.4. The van der Waals surface area contributed by atoms with Crippen molar-refractivity contribution in [1.29, 1.82) is 10.5 Å². The predicted octanol–water partition coefficient (Wildman–Crippen LogP) is 0.978. The van der Waals surface area contributed by atoms with Crippen LogP contribution in [0.3, 0.4) is 0 Å². The van der Waals surface area contributed by atoms with Gasteiger partial charge in [-0.2, -0.15) is 10.5 Å². The summed E-state index contributed by atoms with van der Waals surface area (Å²) in [5, 5.41) is 19.0. The molecule has 8 heteroatoms. The zero-order valence-electron chi connectivity index (χ0n) is 12.0. The Morgan fingerprint density at radius 1 is 1.36 bits per heavy atom. The van der Waals surface area contributed by atoms with E-state index in [-0.39, 0.29) is 27.4 Å². The van der Waals surface area contributed by atoms with E-state index in [2.05, 4.69) is 0 Å². The van der Waals surface area contributed by atoms with Gasteiger partial charge in [-0.1, -0.05) is 0 Å². The van der Waals surface area contributed by atoms with Gasteiger partial charge in [-0.25, -0.2) is 0 Å². The van der Waals surface area contributed by atoms with Crippen molar-refractivity contribution >= 4 is 27.8 Å². The molecule has 1 saturated heterocycles. The molecule has 2 heterocycles. The fraction of sp³-hybridized carbons (Fsp3) is 0.357. The first-order valence-electron chi connectivity index (χ1n) is 6.57. The number of ketones is 1. The highest BCUT2D eigenvalue weighted by Crippen LogP contribution is 2.39. The molecule has 1 aliphatic rings. The minimum atomic E-state index is -0.541. The third kappa shape index (κ3) is 2.75. The Labute approximate surface area is 132 Å². The van der Waals surface area contributed by atoms with Gasteiger partial charge >= 0.3 is 0 Å². The van der Waals surface area contributed by atoms with Gasteiger partial charge < -0.3 is 21.1 Å². The summed E-state index contributed by atoms with van der Waals surface area (Å²) in [4.78, 5) is 14.6. The van der Waals surface area contributed by atoms with Crippen molar-refractivity contribution in [2.24, 2.45) is 5.73 Å². The molecule has 0 spiro atoms. The minimum Gasteiger partial charge on any atom is -0.401 e. The van der Waals surface area contributed by atoms with Gasteiger partial charge in [-0.3, -0.25) is 4.79 Å². The Kier molecular flexibility index (Phi) is 4.66. The molecular weight excluding hydrogens is 302 g/mol. The van der Waals surface area contributed by atoms with E-state index >= 15 is 0 Å². The van der Waals surface area contributed by atoms with Crippen molar-refractivity contribution in [3.05, 3.63) is 21.7 Å². The van der Waals surface area contributed by atoms with Crippen molar-refractivity contribution in [2.45, 2.75) is 6.92 Å². The number of hydrogen-bond acceptors (Lipinski definition) is 8. The number of nitrogen functional groups attached to an aromatic ring is 1. The second-order valence-corrected chi connectivity index (χ2v) is 5.73. The van der Waals surface area contributed by atoms with Gasteiger partial charge in [0.2, 0.25) is 5.78 Å². The van der Waals surface area contributed by atoms with E-state index in [1.807, 2.05) is 11.0 Å². The standard InChI is InChI=1S/C14H15N5O2S/c1-8(17)9(6-15)12(20)13-11(18)10(7-16)14(22-13)19-2-4-21-5-3-19/h2-5,17-18H2,1H3/b9-8-. The zero-order chi connectivity index (χ0) is 16.3. The average Bonchev–Trinajstić information content (AvgIpc) is 2.85. The van der Waals surface area contributed by atoms with Crippen LogP contribution in [0, 0.1) is 22.7 Å². The molecule has 1 aromatic rings. The summed E-state index contributed by atoms with van der Waals surface area (Å²) in [6, 6.07) is 3.84. The van der Waals surface area contributed by atoms with Crippen LogP contribution in [-0.4, -0.2) is 32.1 Å². The lowest BCUT2D eigenvalue weighted by molar-refractivity contribution is 0.104. The zero-order valence-corrected chi connectivity index (χ0v) is 12.9. The second-order valence-electron chi connectivity index (χ2n) is 4.74. The van der Waals surface area contributed by atoms with E-state index in [0.29, 0.717) is 31.3 Å². The molecule has 0 radical (unpaired) electrons. The number of morpholine rings is 1. The van der Waals surface area contributed by atoms with E-state index < -0.39 is 5.78 Å². The number of ether oxygens (including phenoxy) is 1. The number of allylic oxidation sites excluding steroid dienone is 2. The van der Waals surface area contributed by atoms with E-state index in [9.17, 15) is 10.1 Å². The van der Waals surface area contributed by atoms with Crippen LogP contribution in [0.5, 0.6) is 0 Å². The molecule has 2 rings (SSSR count). The summed E-state index contributed by atoms with van der Waals surface area (Å²) in [5.41, 5.74) is 11.9. The van der Waals surface area contributed by atoms with Gasteiger partial charge in [0.1, 0.15) is 33.2 Å². The molecule has 0 amide bonds. The average molecular weight is 317 g/mol. The first-order valence-corrected chi connectivity index (χ1v) is 7.39. The molecule has 0 aromatic carbocycles. The van der Waals surface area contributed by atoms with Crippen LogP contribution in [-0.2, 0) is 4.74 Å². The molecule has 0 atom stereocenters. The van der Waals surface area contributed by atoms with E-state index in [4.69, 9.17) is 21.5 Å². The Morgan fingerprint density at radius 2 is 2.00 bits per heavy atom. The van der Waals surface area contributed by atoms with Crippen LogP contribution in [0.2, 0.25) is 0 Å². The monoisotopic (exact) mass is 317 g/mol. The SMILES string of the molecule is C/C(N)=C(\C#N)C(=O)c1sc(N2CCOCC2)c(C#N)c1N. The Balaban J connectivity index is 2.49. The van der Waals surface area contributed by atoms with Gasteiger partial charge in [0.15, 0.2) is 0 Å². The third-order valence-corrected chi connectivity index (χ3v) is 4.54. The van der Waals surface area contributed by atoms with Crippen LogP contribution in [0.1, 0.15) is 22.2 Å². The van der Waals surface area contributed by atoms with Gasteiger partial charge in [0.05, 0.1) is 18.9 Å². The molecule has 1 aliphatic heterocycles. The number of nitriles is 2. The number of rotatable bonds is 3. The molecule has 0 bridgehead atoms. The number of anilines is 2. The number of carbonyl (C=O) groups is 1. The lowest BCUT2D eigenvalue weighted by atomic mass is 10.1. The van der Waals surface area contributed by atoms with Gasteiger partial charge in [0.25, 0.3) is 0 Å². The Hall–Kier alpha value is -2.55. The number of thiophene rings is 1. The maximum Gasteiger partial charge on any atom is 0.217 e. The van der Waals surface area contributed by atoms with E-state index in [1.165, 1.54) is 6.92 Å². The van der Waals surface area contributed by atoms with Gasteiger partial charge in [-0.15, -0.1) is 11.3 Å². The van der Waals surface area contributed by atoms with Crippen molar-refractivity contribution in [2.75, 3.05) is 36.9 Å². The largest absolute Gasteiger partial charge is 0.401 e. The summed E-state index contributed by atoms with van der Waals surface area (Å²) in [5.74, 6) is -0.541. The highest BCUT2D eigenvalue weighted by Gasteiger charge is 2.27. The van der Waals surface area contributed by atoms with Crippen LogP contribution >= 0.6 is 11.3 Å². The Bertz CT molecular complexity index is 713. The summed E-state index contributed by atoms with van der Waals surface area (Å²) in [7, 11) is 0. The molecule has 7 nitrogen and oxygen atoms in total. The molecule has 1 aromatic heterocycles. The number of nitrogens with zero attached hydrogens (tertiary/aromatic N) is 3. The number of carbonyl (C=O) groups excluding carboxylic acids is 1. The van der Waals surface area contributed by atoms with Crippen molar-refractivity contribution in [3.63, 3.8) is 0 Å². The van der Waals surface area contributed by atoms with E-state index in [0.717, 1.165) is 11.3 Å². The normalized spacial score (nSPS) is 15.7. The molecule has 0 saturated carbocycles. The second kappa shape index (κ2) is 6.48. The molecule has 4 N–H and O–H groups in total. The van der Waals surface area contributed by atoms with Crippen LogP contribution in [0.4, 0.5) is 10.7 Å². The fourth-order valence-corrected chi connectivity index (χ4v) is 3.30. The van der Waals surface area contributed by atoms with Crippen LogP contribution < -0.4 is 16.4 Å². The number of Topliss-reactive ketones (excluding diaryl/α,β-unsaturated/α-hetero) is 1. The van der Waals surface area contributed by atoms with Crippen molar-refractivity contribution in [3.8, 4) is 12.1 Å². The molecule has 0 aliphatic carbocycles.